The lowest BCUT2D eigenvalue weighted by Gasteiger charge is -2.36. The van der Waals surface area contributed by atoms with Crippen LogP contribution in [0.15, 0.2) is 12.1 Å². The van der Waals surface area contributed by atoms with Gasteiger partial charge in [0.1, 0.15) is 19.3 Å². The molecular formula is C19H24F2N2O4. The van der Waals surface area contributed by atoms with Crippen LogP contribution < -0.4 is 9.47 Å². The lowest BCUT2D eigenvalue weighted by molar-refractivity contribution is 0.0460. The Bertz CT molecular complexity index is 695. The Balaban J connectivity index is 1.21. The van der Waals surface area contributed by atoms with Crippen LogP contribution in [0.5, 0.6) is 11.5 Å². The molecule has 1 unspecified atom stereocenters. The lowest BCUT2D eigenvalue weighted by Crippen LogP contribution is -2.44. The third-order valence-electron chi connectivity index (χ3n) is 5.53. The van der Waals surface area contributed by atoms with Crippen LogP contribution >= 0.6 is 0 Å². The third-order valence-corrected chi connectivity index (χ3v) is 5.53. The van der Waals surface area contributed by atoms with Gasteiger partial charge in [-0.2, -0.15) is 0 Å². The Morgan fingerprint density at radius 3 is 2.48 bits per heavy atom. The van der Waals surface area contributed by atoms with Crippen molar-refractivity contribution in [1.29, 1.82) is 0 Å². The summed E-state index contributed by atoms with van der Waals surface area (Å²) in [6, 6.07) is 2.08. The third kappa shape index (κ3) is 4.26. The summed E-state index contributed by atoms with van der Waals surface area (Å²) in [5, 5.41) is 0. The zero-order chi connectivity index (χ0) is 18.8. The Hall–Kier alpha value is -2.09. The zero-order valence-electron chi connectivity index (χ0n) is 15.2. The summed E-state index contributed by atoms with van der Waals surface area (Å²) in [6.45, 7) is 4.91. The van der Waals surface area contributed by atoms with Gasteiger partial charge in [-0.3, -0.25) is 4.90 Å². The van der Waals surface area contributed by atoms with Gasteiger partial charge < -0.3 is 19.1 Å². The van der Waals surface area contributed by atoms with E-state index in [0.717, 1.165) is 51.0 Å². The number of halogens is 2. The molecule has 0 spiro atoms. The molecule has 0 aliphatic carbocycles. The molecular weight excluding hydrogens is 358 g/mol. The molecule has 0 aromatic heterocycles. The average molecular weight is 382 g/mol. The fourth-order valence-electron chi connectivity index (χ4n) is 3.91. The minimum atomic E-state index is -0.930. The molecule has 2 fully saturated rings. The largest absolute Gasteiger partial charge is 0.486 e. The number of carbonyl (C=O) groups is 1. The van der Waals surface area contributed by atoms with Crippen molar-refractivity contribution in [3.05, 3.63) is 23.8 Å². The molecule has 1 amide bonds. The number of carbonyl (C=O) groups excluding carboxylic acids is 1. The number of nitrogens with zero attached hydrogens (tertiary/aromatic N) is 2. The summed E-state index contributed by atoms with van der Waals surface area (Å²) in [5.74, 6) is -0.737. The topological polar surface area (TPSA) is 51.2 Å². The van der Waals surface area contributed by atoms with Gasteiger partial charge in [-0.25, -0.2) is 13.6 Å². The number of rotatable bonds is 5. The van der Waals surface area contributed by atoms with Crippen molar-refractivity contribution in [2.75, 3.05) is 45.9 Å². The highest BCUT2D eigenvalue weighted by Crippen LogP contribution is 2.34. The molecule has 1 aromatic rings. The lowest BCUT2D eigenvalue weighted by atomic mass is 9.93. The molecule has 4 rings (SSSR count). The van der Waals surface area contributed by atoms with Crippen LogP contribution in [0.25, 0.3) is 0 Å². The predicted octanol–water partition coefficient (Wildman–Crippen LogP) is 2.66. The maximum absolute atomic E-state index is 13.4. The molecule has 3 aliphatic heterocycles. The molecule has 8 heteroatoms. The Morgan fingerprint density at radius 2 is 1.78 bits per heavy atom. The number of benzene rings is 1. The van der Waals surface area contributed by atoms with Crippen LogP contribution in [0.3, 0.4) is 0 Å². The number of hydrogen-bond acceptors (Lipinski definition) is 5. The highest BCUT2D eigenvalue weighted by molar-refractivity contribution is 5.69. The highest BCUT2D eigenvalue weighted by atomic mass is 19.2. The fourth-order valence-corrected chi connectivity index (χ4v) is 3.91. The summed E-state index contributed by atoms with van der Waals surface area (Å²) < 4.78 is 42.9. The molecule has 0 radical (unpaired) electrons. The van der Waals surface area contributed by atoms with Gasteiger partial charge in [-0.15, -0.1) is 0 Å². The second-order valence-corrected chi connectivity index (χ2v) is 7.40. The van der Waals surface area contributed by atoms with E-state index >= 15 is 0 Å². The second kappa shape index (κ2) is 7.88. The van der Waals surface area contributed by atoms with Crippen molar-refractivity contribution in [3.8, 4) is 11.5 Å². The number of cyclic esters (lactones) is 1. The van der Waals surface area contributed by atoms with E-state index in [4.69, 9.17) is 14.2 Å². The maximum atomic E-state index is 13.4. The van der Waals surface area contributed by atoms with E-state index in [0.29, 0.717) is 32.2 Å². The van der Waals surface area contributed by atoms with Crippen molar-refractivity contribution in [2.24, 2.45) is 5.92 Å². The van der Waals surface area contributed by atoms with E-state index < -0.39 is 11.6 Å². The normalized spacial score (nSPS) is 23.6. The van der Waals surface area contributed by atoms with Gasteiger partial charge in [-0.05, 0) is 38.3 Å². The van der Waals surface area contributed by atoms with Gasteiger partial charge in [0.15, 0.2) is 23.1 Å². The van der Waals surface area contributed by atoms with Gasteiger partial charge >= 0.3 is 6.09 Å². The van der Waals surface area contributed by atoms with Gasteiger partial charge in [0.05, 0.1) is 6.54 Å². The number of piperidine rings is 1. The monoisotopic (exact) mass is 382 g/mol. The van der Waals surface area contributed by atoms with Gasteiger partial charge in [0.2, 0.25) is 0 Å². The molecule has 2 saturated heterocycles. The van der Waals surface area contributed by atoms with Crippen LogP contribution in [-0.4, -0.2) is 67.9 Å². The molecule has 0 saturated carbocycles. The minimum Gasteiger partial charge on any atom is -0.486 e. The number of ether oxygens (including phenoxy) is 3. The summed E-state index contributed by atoms with van der Waals surface area (Å²) in [7, 11) is 0. The second-order valence-electron chi connectivity index (χ2n) is 7.40. The van der Waals surface area contributed by atoms with Crippen LogP contribution in [0.1, 0.15) is 19.3 Å². The van der Waals surface area contributed by atoms with Crippen molar-refractivity contribution in [2.45, 2.75) is 25.4 Å². The number of hydrogen-bond donors (Lipinski definition) is 0. The van der Waals surface area contributed by atoms with Gasteiger partial charge in [0.25, 0.3) is 0 Å². The first-order chi connectivity index (χ1) is 13.1. The molecule has 27 heavy (non-hydrogen) atoms. The predicted molar refractivity (Wildman–Crippen MR) is 93.0 cm³/mol. The molecule has 1 atom stereocenters. The Kier molecular flexibility index (Phi) is 5.33. The van der Waals surface area contributed by atoms with Crippen LogP contribution in [0.2, 0.25) is 0 Å². The van der Waals surface area contributed by atoms with Crippen LogP contribution in [-0.2, 0) is 4.74 Å². The van der Waals surface area contributed by atoms with Crippen molar-refractivity contribution in [1.82, 2.24) is 9.80 Å². The molecule has 148 valence electrons. The van der Waals surface area contributed by atoms with Crippen molar-refractivity contribution < 1.29 is 27.8 Å². The number of amides is 1. The first-order valence-corrected chi connectivity index (χ1v) is 9.51. The van der Waals surface area contributed by atoms with Gasteiger partial charge in [-0.1, -0.05) is 0 Å². The summed E-state index contributed by atoms with van der Waals surface area (Å²) >= 11 is 0. The highest BCUT2D eigenvalue weighted by Gasteiger charge is 2.28. The number of fused-ring (bicyclic) bond motifs is 1. The quantitative estimate of drug-likeness (QED) is 0.784. The fraction of sp³-hybridized carbons (Fsp3) is 0.632. The smallest absolute Gasteiger partial charge is 0.409 e. The van der Waals surface area contributed by atoms with E-state index in [9.17, 15) is 13.6 Å². The molecule has 3 heterocycles. The molecule has 1 aromatic carbocycles. The van der Waals surface area contributed by atoms with E-state index in [1.807, 2.05) is 0 Å². The van der Waals surface area contributed by atoms with Gasteiger partial charge in [0, 0.05) is 25.2 Å². The SMILES string of the molecule is O=C1OCCN1CCC1CCN(CC2COc3cc(F)c(F)cc3O2)CC1. The zero-order valence-corrected chi connectivity index (χ0v) is 15.2. The Morgan fingerprint density at radius 1 is 1.04 bits per heavy atom. The summed E-state index contributed by atoms with van der Waals surface area (Å²) in [4.78, 5) is 15.6. The maximum Gasteiger partial charge on any atom is 0.409 e. The van der Waals surface area contributed by atoms with E-state index in [1.54, 1.807) is 4.90 Å². The van der Waals surface area contributed by atoms with E-state index in [2.05, 4.69) is 4.90 Å². The van der Waals surface area contributed by atoms with E-state index in [-0.39, 0.29) is 23.7 Å². The standard InChI is InChI=1S/C19H24F2N2O4/c20-15-9-17-18(10-16(15)21)27-14(12-26-17)11-22-4-1-13(2-5-22)3-6-23-7-8-25-19(23)24/h9-10,13-14H,1-8,11-12H2. The average Bonchev–Trinajstić information content (AvgIpc) is 3.07. The van der Waals surface area contributed by atoms with Crippen LogP contribution in [0.4, 0.5) is 13.6 Å². The molecule has 0 bridgehead atoms. The number of likely N-dealkylation sites (tertiary alicyclic amines) is 1. The van der Waals surface area contributed by atoms with E-state index in [1.165, 1.54) is 0 Å². The van der Waals surface area contributed by atoms with Crippen molar-refractivity contribution >= 4 is 6.09 Å². The molecule has 6 nitrogen and oxygen atoms in total. The van der Waals surface area contributed by atoms with Crippen LogP contribution in [0, 0.1) is 17.6 Å². The van der Waals surface area contributed by atoms with Crippen molar-refractivity contribution in [3.63, 3.8) is 0 Å². The first kappa shape index (κ1) is 18.3. The summed E-state index contributed by atoms with van der Waals surface area (Å²) in [5.41, 5.74) is 0. The Labute approximate surface area is 157 Å². The molecule has 0 N–H and O–H groups in total. The first-order valence-electron chi connectivity index (χ1n) is 9.51. The molecule has 3 aliphatic rings. The minimum absolute atomic E-state index is 0.196. The summed E-state index contributed by atoms with van der Waals surface area (Å²) in [6.07, 6.45) is 2.76.